The summed E-state index contributed by atoms with van der Waals surface area (Å²) in [7, 11) is 5.88. The molecule has 4 heteroatoms. The maximum absolute atomic E-state index is 5.25. The van der Waals surface area contributed by atoms with E-state index in [4.69, 9.17) is 9.72 Å². The minimum Gasteiger partial charge on any atom is -0.497 e. The lowest BCUT2D eigenvalue weighted by Gasteiger charge is -2.14. The van der Waals surface area contributed by atoms with Gasteiger partial charge in [-0.25, -0.2) is 4.98 Å². The Kier molecular flexibility index (Phi) is 5.51. The van der Waals surface area contributed by atoms with Gasteiger partial charge in [-0.15, -0.1) is 0 Å². The Hall–Kier alpha value is -2.59. The summed E-state index contributed by atoms with van der Waals surface area (Å²) in [4.78, 5) is 7.03. The zero-order chi connectivity index (χ0) is 17.6. The third kappa shape index (κ3) is 4.28. The maximum Gasteiger partial charge on any atom is 0.118 e. The van der Waals surface area contributed by atoms with Gasteiger partial charge in [0, 0.05) is 23.2 Å². The number of fused-ring (bicyclic) bond motifs is 1. The van der Waals surface area contributed by atoms with E-state index in [0.717, 1.165) is 53.1 Å². The predicted octanol–water partition coefficient (Wildman–Crippen LogP) is 4.27. The number of para-hydroxylation sites is 1. The molecule has 0 saturated heterocycles. The van der Waals surface area contributed by atoms with Crippen molar-refractivity contribution in [2.24, 2.45) is 0 Å². The quantitative estimate of drug-likeness (QED) is 0.654. The van der Waals surface area contributed by atoms with Crippen LogP contribution in [-0.2, 0) is 0 Å². The molecule has 0 aliphatic heterocycles. The molecule has 0 fully saturated rings. The number of methoxy groups -OCH3 is 1. The molecule has 3 rings (SSSR count). The number of nitrogens with zero attached hydrogens (tertiary/aromatic N) is 2. The first-order valence-corrected chi connectivity index (χ1v) is 8.60. The summed E-state index contributed by atoms with van der Waals surface area (Å²) in [5.74, 6) is 0.853. The summed E-state index contributed by atoms with van der Waals surface area (Å²) < 4.78 is 5.25. The van der Waals surface area contributed by atoms with Crippen LogP contribution in [0.3, 0.4) is 0 Å². The topological polar surface area (TPSA) is 37.4 Å². The molecule has 1 N–H and O–H groups in total. The Morgan fingerprint density at radius 3 is 2.52 bits per heavy atom. The summed E-state index contributed by atoms with van der Waals surface area (Å²) >= 11 is 0. The molecule has 0 atom stereocenters. The van der Waals surface area contributed by atoms with E-state index in [9.17, 15) is 0 Å². The number of hydrogen-bond acceptors (Lipinski definition) is 4. The Balaban J connectivity index is 1.91. The van der Waals surface area contributed by atoms with Gasteiger partial charge >= 0.3 is 0 Å². The van der Waals surface area contributed by atoms with E-state index < -0.39 is 0 Å². The monoisotopic (exact) mass is 335 g/mol. The average Bonchev–Trinajstić information content (AvgIpc) is 2.65. The molecule has 0 aliphatic carbocycles. The van der Waals surface area contributed by atoms with Gasteiger partial charge in [0.2, 0.25) is 0 Å². The summed E-state index contributed by atoms with van der Waals surface area (Å²) in [6.07, 6.45) is 1.10. The van der Waals surface area contributed by atoms with Gasteiger partial charge < -0.3 is 15.0 Å². The Bertz CT molecular complexity index is 828. The average molecular weight is 335 g/mol. The van der Waals surface area contributed by atoms with Crippen molar-refractivity contribution in [1.82, 2.24) is 9.88 Å². The van der Waals surface area contributed by atoms with Crippen molar-refractivity contribution in [2.45, 2.75) is 6.42 Å². The molecule has 2 aromatic carbocycles. The summed E-state index contributed by atoms with van der Waals surface area (Å²) in [5, 5.41) is 4.74. The van der Waals surface area contributed by atoms with Crippen molar-refractivity contribution >= 4 is 16.6 Å². The molecule has 0 aliphatic rings. The molecule has 0 unspecified atom stereocenters. The fourth-order valence-electron chi connectivity index (χ4n) is 2.85. The van der Waals surface area contributed by atoms with Crippen LogP contribution in [0.25, 0.3) is 22.2 Å². The molecule has 0 amide bonds. The highest BCUT2D eigenvalue weighted by Gasteiger charge is 2.07. The molecular formula is C21H25N3O. The summed E-state index contributed by atoms with van der Waals surface area (Å²) in [5.41, 5.74) is 4.19. The molecule has 4 nitrogen and oxygen atoms in total. The maximum atomic E-state index is 5.25. The van der Waals surface area contributed by atoms with Crippen LogP contribution >= 0.6 is 0 Å². The molecule has 25 heavy (non-hydrogen) atoms. The van der Waals surface area contributed by atoms with E-state index >= 15 is 0 Å². The second-order valence-electron chi connectivity index (χ2n) is 6.38. The molecule has 130 valence electrons. The molecule has 3 aromatic rings. The minimum atomic E-state index is 0.853. The van der Waals surface area contributed by atoms with Crippen molar-refractivity contribution in [3.05, 3.63) is 54.6 Å². The lowest BCUT2D eigenvalue weighted by atomic mass is 10.1. The van der Waals surface area contributed by atoms with Crippen molar-refractivity contribution in [2.75, 3.05) is 39.6 Å². The second-order valence-corrected chi connectivity index (χ2v) is 6.38. The number of anilines is 1. The molecule has 1 aromatic heterocycles. The zero-order valence-electron chi connectivity index (χ0n) is 15.1. The van der Waals surface area contributed by atoms with Crippen molar-refractivity contribution in [3.8, 4) is 17.0 Å². The first-order chi connectivity index (χ1) is 12.2. The lowest BCUT2D eigenvalue weighted by Crippen LogP contribution is -2.16. The van der Waals surface area contributed by atoms with Gasteiger partial charge in [0.15, 0.2) is 0 Å². The first-order valence-electron chi connectivity index (χ1n) is 8.60. The lowest BCUT2D eigenvalue weighted by molar-refractivity contribution is 0.405. The van der Waals surface area contributed by atoms with Gasteiger partial charge in [0.05, 0.1) is 18.3 Å². The third-order valence-corrected chi connectivity index (χ3v) is 4.20. The fraction of sp³-hybridized carbons (Fsp3) is 0.286. The van der Waals surface area contributed by atoms with Crippen LogP contribution in [0, 0.1) is 0 Å². The second kappa shape index (κ2) is 7.99. The van der Waals surface area contributed by atoms with E-state index in [1.54, 1.807) is 7.11 Å². The van der Waals surface area contributed by atoms with Gasteiger partial charge in [-0.2, -0.15) is 0 Å². The van der Waals surface area contributed by atoms with Crippen LogP contribution in [0.2, 0.25) is 0 Å². The molecular weight excluding hydrogens is 310 g/mol. The third-order valence-electron chi connectivity index (χ3n) is 4.20. The number of benzene rings is 2. The van der Waals surface area contributed by atoms with Crippen LogP contribution in [0.5, 0.6) is 5.75 Å². The number of ether oxygens (including phenoxy) is 1. The smallest absolute Gasteiger partial charge is 0.118 e. The number of aromatic nitrogens is 1. The minimum absolute atomic E-state index is 0.853. The van der Waals surface area contributed by atoms with Gasteiger partial charge in [0.25, 0.3) is 0 Å². The van der Waals surface area contributed by atoms with Crippen molar-refractivity contribution in [1.29, 1.82) is 0 Å². The predicted molar refractivity (Wildman–Crippen MR) is 105 cm³/mol. The summed E-state index contributed by atoms with van der Waals surface area (Å²) in [6, 6.07) is 18.4. The first kappa shape index (κ1) is 17.2. The molecule has 0 radical (unpaired) electrons. The van der Waals surface area contributed by atoms with Crippen LogP contribution in [-0.4, -0.2) is 44.2 Å². The van der Waals surface area contributed by atoms with Gasteiger partial charge in [-0.1, -0.05) is 18.2 Å². The Labute approximate surface area is 149 Å². The van der Waals surface area contributed by atoms with Crippen molar-refractivity contribution < 1.29 is 4.74 Å². The standard InChI is InChI=1S/C21H25N3O/c1-24(2)14-6-13-22-21-15-20(16-9-11-17(25-3)12-10-16)23-19-8-5-4-7-18(19)21/h4-5,7-12,15H,6,13-14H2,1-3H3,(H,22,23). The molecule has 0 saturated carbocycles. The van der Waals surface area contributed by atoms with Crippen LogP contribution in [0.15, 0.2) is 54.6 Å². The largest absolute Gasteiger partial charge is 0.497 e. The molecule has 0 bridgehead atoms. The number of rotatable bonds is 7. The molecule has 1 heterocycles. The highest BCUT2D eigenvalue weighted by molar-refractivity contribution is 5.93. The fourth-order valence-corrected chi connectivity index (χ4v) is 2.85. The van der Waals surface area contributed by atoms with E-state index in [0.29, 0.717) is 0 Å². The van der Waals surface area contributed by atoms with Crippen LogP contribution in [0.1, 0.15) is 6.42 Å². The van der Waals surface area contributed by atoms with E-state index in [-0.39, 0.29) is 0 Å². The van der Waals surface area contributed by atoms with E-state index in [2.05, 4.69) is 48.6 Å². The number of hydrogen-bond donors (Lipinski definition) is 1. The van der Waals surface area contributed by atoms with E-state index in [1.807, 2.05) is 30.3 Å². The zero-order valence-corrected chi connectivity index (χ0v) is 15.1. The van der Waals surface area contributed by atoms with Crippen molar-refractivity contribution in [3.63, 3.8) is 0 Å². The van der Waals surface area contributed by atoms with Gasteiger partial charge in [-0.3, -0.25) is 0 Å². The molecule has 0 spiro atoms. The number of pyridine rings is 1. The summed E-state index contributed by atoms with van der Waals surface area (Å²) in [6.45, 7) is 2.01. The normalized spacial score (nSPS) is 11.0. The SMILES string of the molecule is COc1ccc(-c2cc(NCCCN(C)C)c3ccccc3n2)cc1. The van der Waals surface area contributed by atoms with Crippen LogP contribution in [0.4, 0.5) is 5.69 Å². The van der Waals surface area contributed by atoms with Gasteiger partial charge in [0.1, 0.15) is 5.75 Å². The Morgan fingerprint density at radius 2 is 1.80 bits per heavy atom. The highest BCUT2D eigenvalue weighted by atomic mass is 16.5. The Morgan fingerprint density at radius 1 is 1.04 bits per heavy atom. The number of nitrogens with one attached hydrogen (secondary N) is 1. The van der Waals surface area contributed by atoms with Gasteiger partial charge in [-0.05, 0) is 63.5 Å². The van der Waals surface area contributed by atoms with E-state index in [1.165, 1.54) is 0 Å². The van der Waals surface area contributed by atoms with Crippen LogP contribution < -0.4 is 10.1 Å². The highest BCUT2D eigenvalue weighted by Crippen LogP contribution is 2.29.